The summed E-state index contributed by atoms with van der Waals surface area (Å²) in [6.45, 7) is 7.38. The maximum absolute atomic E-state index is 12.2. The second kappa shape index (κ2) is 8.16. The molecule has 2 heterocycles. The van der Waals surface area contributed by atoms with Crippen LogP contribution in [-0.2, 0) is 17.9 Å². The van der Waals surface area contributed by atoms with Crippen LogP contribution in [-0.4, -0.2) is 15.6 Å². The molecule has 0 aliphatic carbocycles. The molecule has 24 heavy (non-hydrogen) atoms. The summed E-state index contributed by atoms with van der Waals surface area (Å²) < 4.78 is 6.93. The number of hydrogen-bond acceptors (Lipinski definition) is 4. The first-order valence-corrected chi connectivity index (χ1v) is 8.02. The van der Waals surface area contributed by atoms with Crippen LogP contribution < -0.4 is 5.32 Å². The van der Waals surface area contributed by atoms with Gasteiger partial charge in [0.25, 0.3) is 5.91 Å². The van der Waals surface area contributed by atoms with Gasteiger partial charge >= 0.3 is 0 Å². The Morgan fingerprint density at radius 1 is 1.50 bits per heavy atom. The fraction of sp³-hybridized carbons (Fsp3) is 0.389. The Balaban J connectivity index is 2.14. The molecule has 0 atom stereocenters. The molecular formula is C18H22N4O2. The summed E-state index contributed by atoms with van der Waals surface area (Å²) >= 11 is 0. The Bertz CT molecular complexity index is 764. The molecule has 6 heteroatoms. The highest BCUT2D eigenvalue weighted by molar-refractivity contribution is 6.01. The lowest BCUT2D eigenvalue weighted by molar-refractivity contribution is -0.117. The van der Waals surface area contributed by atoms with Crippen LogP contribution in [0.25, 0.3) is 6.08 Å². The van der Waals surface area contributed by atoms with Crippen molar-refractivity contribution < 1.29 is 9.32 Å². The normalized spacial score (nSPS) is 11.3. The van der Waals surface area contributed by atoms with Crippen molar-refractivity contribution in [3.63, 3.8) is 0 Å². The van der Waals surface area contributed by atoms with Crippen LogP contribution >= 0.6 is 0 Å². The van der Waals surface area contributed by atoms with Crippen LogP contribution in [0.15, 0.2) is 28.5 Å². The summed E-state index contributed by atoms with van der Waals surface area (Å²) in [6, 6.07) is 5.65. The first kappa shape index (κ1) is 17.5. The van der Waals surface area contributed by atoms with Gasteiger partial charge in [0.1, 0.15) is 23.6 Å². The Morgan fingerprint density at radius 2 is 2.29 bits per heavy atom. The van der Waals surface area contributed by atoms with Crippen LogP contribution in [0.3, 0.4) is 0 Å². The highest BCUT2D eigenvalue weighted by atomic mass is 16.5. The summed E-state index contributed by atoms with van der Waals surface area (Å²) in [7, 11) is 0. The molecule has 126 valence electrons. The second-order valence-corrected chi connectivity index (χ2v) is 5.67. The van der Waals surface area contributed by atoms with Crippen LogP contribution in [0.5, 0.6) is 0 Å². The summed E-state index contributed by atoms with van der Waals surface area (Å²) in [5.41, 5.74) is 3.79. The van der Waals surface area contributed by atoms with Gasteiger partial charge in [-0.05, 0) is 38.0 Å². The molecule has 0 saturated heterocycles. The minimum Gasteiger partial charge on any atom is -0.364 e. The smallest absolute Gasteiger partial charge is 0.262 e. The van der Waals surface area contributed by atoms with E-state index in [1.165, 1.54) is 6.26 Å². The highest BCUT2D eigenvalue weighted by Crippen LogP contribution is 2.19. The average molecular weight is 326 g/mol. The third kappa shape index (κ3) is 4.13. The summed E-state index contributed by atoms with van der Waals surface area (Å²) in [5.74, 6) is -0.418. The van der Waals surface area contributed by atoms with Gasteiger partial charge in [0, 0.05) is 24.0 Å². The molecule has 6 nitrogen and oxygen atoms in total. The molecule has 0 radical (unpaired) electrons. The lowest BCUT2D eigenvalue weighted by Crippen LogP contribution is -2.24. The number of aryl methyl sites for hydroxylation is 1. The molecule has 0 saturated carbocycles. The molecule has 0 unspecified atom stereocenters. The van der Waals surface area contributed by atoms with Gasteiger partial charge in [-0.15, -0.1) is 0 Å². The Labute approximate surface area is 141 Å². The number of carbonyl (C=O) groups is 1. The topological polar surface area (TPSA) is 83.9 Å². The predicted molar refractivity (Wildman–Crippen MR) is 90.8 cm³/mol. The Morgan fingerprint density at radius 3 is 2.92 bits per heavy atom. The molecule has 2 aromatic heterocycles. The highest BCUT2D eigenvalue weighted by Gasteiger charge is 2.13. The number of nitrogens with zero attached hydrogens (tertiary/aromatic N) is 3. The molecule has 0 aliphatic heterocycles. The predicted octanol–water partition coefficient (Wildman–Crippen LogP) is 3.12. The van der Waals surface area contributed by atoms with E-state index >= 15 is 0 Å². The van der Waals surface area contributed by atoms with Crippen molar-refractivity contribution in [1.82, 2.24) is 15.0 Å². The van der Waals surface area contributed by atoms with Crippen LogP contribution in [0, 0.1) is 25.2 Å². The zero-order chi connectivity index (χ0) is 17.5. The molecular weight excluding hydrogens is 304 g/mol. The van der Waals surface area contributed by atoms with Crippen LogP contribution in [0.4, 0.5) is 0 Å². The van der Waals surface area contributed by atoms with Crippen LogP contribution in [0.2, 0.25) is 0 Å². The van der Waals surface area contributed by atoms with Gasteiger partial charge in [0.15, 0.2) is 0 Å². The average Bonchev–Trinajstić information content (AvgIpc) is 3.18. The van der Waals surface area contributed by atoms with Crippen molar-refractivity contribution in [2.24, 2.45) is 0 Å². The van der Waals surface area contributed by atoms with E-state index in [-0.39, 0.29) is 12.1 Å². The number of nitriles is 1. The maximum atomic E-state index is 12.2. The summed E-state index contributed by atoms with van der Waals surface area (Å²) in [4.78, 5) is 12.2. The lowest BCUT2D eigenvalue weighted by atomic mass is 10.1. The van der Waals surface area contributed by atoms with E-state index in [1.807, 2.05) is 26.0 Å². The number of unbranched alkanes of at least 4 members (excludes halogenated alkanes) is 1. The van der Waals surface area contributed by atoms with E-state index in [9.17, 15) is 10.1 Å². The molecule has 0 spiro atoms. The van der Waals surface area contributed by atoms with Crippen molar-refractivity contribution in [3.8, 4) is 6.07 Å². The first-order valence-electron chi connectivity index (χ1n) is 8.02. The van der Waals surface area contributed by atoms with Gasteiger partial charge < -0.3 is 14.4 Å². The zero-order valence-corrected chi connectivity index (χ0v) is 14.3. The lowest BCUT2D eigenvalue weighted by Gasteiger charge is -2.08. The number of carbonyl (C=O) groups excluding carboxylic acids is 1. The van der Waals surface area contributed by atoms with Crippen molar-refractivity contribution in [3.05, 3.63) is 46.6 Å². The Kier molecular flexibility index (Phi) is 5.96. The van der Waals surface area contributed by atoms with Crippen molar-refractivity contribution in [1.29, 1.82) is 5.26 Å². The van der Waals surface area contributed by atoms with Crippen molar-refractivity contribution >= 4 is 12.0 Å². The van der Waals surface area contributed by atoms with Gasteiger partial charge in [-0.2, -0.15) is 5.26 Å². The van der Waals surface area contributed by atoms with E-state index in [0.29, 0.717) is 5.69 Å². The molecule has 1 amide bonds. The zero-order valence-electron chi connectivity index (χ0n) is 14.3. The van der Waals surface area contributed by atoms with Gasteiger partial charge in [0.05, 0.1) is 6.54 Å². The molecule has 0 aliphatic rings. The maximum Gasteiger partial charge on any atom is 0.262 e. The monoisotopic (exact) mass is 326 g/mol. The molecule has 2 aromatic rings. The molecule has 2 rings (SSSR count). The molecule has 0 fully saturated rings. The SMILES string of the molecule is CCCCn1c(C)cc(/C=C(\C#N)C(=O)NCc2ccon2)c1C. The van der Waals surface area contributed by atoms with E-state index in [0.717, 1.165) is 36.3 Å². The van der Waals surface area contributed by atoms with E-state index < -0.39 is 5.91 Å². The molecule has 0 bridgehead atoms. The Hall–Kier alpha value is -2.81. The number of nitrogens with one attached hydrogen (secondary N) is 1. The standard InChI is InChI=1S/C18H22N4O2/c1-4-5-7-22-13(2)9-15(14(22)3)10-16(11-19)18(23)20-12-17-6-8-24-21-17/h6,8-10H,4-5,7,12H2,1-3H3,(H,20,23)/b16-10+. The second-order valence-electron chi connectivity index (χ2n) is 5.67. The molecule has 1 N–H and O–H groups in total. The summed E-state index contributed by atoms with van der Waals surface area (Å²) in [6.07, 6.45) is 5.30. The van der Waals surface area contributed by atoms with E-state index in [1.54, 1.807) is 12.1 Å². The number of aromatic nitrogens is 2. The minimum absolute atomic E-state index is 0.0780. The first-order chi connectivity index (χ1) is 11.6. The molecule has 0 aromatic carbocycles. The number of amides is 1. The summed E-state index contributed by atoms with van der Waals surface area (Å²) in [5, 5.41) is 15.7. The third-order valence-electron chi connectivity index (χ3n) is 3.93. The minimum atomic E-state index is -0.418. The third-order valence-corrected chi connectivity index (χ3v) is 3.93. The van der Waals surface area contributed by atoms with E-state index in [4.69, 9.17) is 4.52 Å². The fourth-order valence-electron chi connectivity index (χ4n) is 2.53. The largest absolute Gasteiger partial charge is 0.364 e. The quantitative estimate of drug-likeness (QED) is 0.626. The van der Waals surface area contributed by atoms with Crippen molar-refractivity contribution in [2.45, 2.75) is 46.7 Å². The fourth-order valence-corrected chi connectivity index (χ4v) is 2.53. The van der Waals surface area contributed by atoms with Gasteiger partial charge in [-0.3, -0.25) is 4.79 Å². The van der Waals surface area contributed by atoms with Gasteiger partial charge in [0.2, 0.25) is 0 Å². The van der Waals surface area contributed by atoms with E-state index in [2.05, 4.69) is 22.0 Å². The van der Waals surface area contributed by atoms with Gasteiger partial charge in [-0.1, -0.05) is 18.5 Å². The number of rotatable bonds is 7. The van der Waals surface area contributed by atoms with Gasteiger partial charge in [-0.25, -0.2) is 0 Å². The van der Waals surface area contributed by atoms with Crippen molar-refractivity contribution in [2.75, 3.05) is 0 Å². The number of hydrogen-bond donors (Lipinski definition) is 1. The van der Waals surface area contributed by atoms with Crippen LogP contribution in [0.1, 0.15) is 42.4 Å².